The van der Waals surface area contributed by atoms with E-state index in [1.54, 1.807) is 5.51 Å². The number of thiazole rings is 1. The molecule has 2 aliphatic heterocycles. The Morgan fingerprint density at radius 2 is 1.91 bits per heavy atom. The average Bonchev–Trinajstić information content (AvgIpc) is 3.25. The van der Waals surface area contributed by atoms with Crippen LogP contribution in [-0.4, -0.2) is 38.8 Å². The summed E-state index contributed by atoms with van der Waals surface area (Å²) in [4.78, 5) is 32.8. The number of fused-ring (bicyclic) bond motifs is 1. The molecule has 32 heavy (non-hydrogen) atoms. The van der Waals surface area contributed by atoms with Gasteiger partial charge in [-0.1, -0.05) is 30.3 Å². The first kappa shape index (κ1) is 21.1. The van der Waals surface area contributed by atoms with Crippen LogP contribution in [0.3, 0.4) is 0 Å². The fourth-order valence-corrected chi connectivity index (χ4v) is 5.65. The van der Waals surface area contributed by atoms with E-state index in [1.165, 1.54) is 22.5 Å². The third-order valence-corrected chi connectivity index (χ3v) is 7.50. The van der Waals surface area contributed by atoms with E-state index >= 15 is 0 Å². The van der Waals surface area contributed by atoms with Crippen molar-refractivity contribution in [3.05, 3.63) is 69.1 Å². The third kappa shape index (κ3) is 4.01. The lowest BCUT2D eigenvalue weighted by Gasteiger charge is -2.36. The number of aryl methyl sites for hydroxylation is 2. The van der Waals surface area contributed by atoms with Crippen LogP contribution in [0.2, 0.25) is 0 Å². The van der Waals surface area contributed by atoms with E-state index in [0.29, 0.717) is 0 Å². The van der Waals surface area contributed by atoms with Crippen molar-refractivity contribution in [3.63, 3.8) is 0 Å². The van der Waals surface area contributed by atoms with Gasteiger partial charge in [0.25, 0.3) is 5.91 Å². The summed E-state index contributed by atoms with van der Waals surface area (Å²) >= 11 is 1.42. The van der Waals surface area contributed by atoms with Crippen molar-refractivity contribution in [2.45, 2.75) is 58.5 Å². The average molecular weight is 448 g/mol. The minimum absolute atomic E-state index is 0.0646. The predicted molar refractivity (Wildman–Crippen MR) is 127 cm³/mol. The zero-order valence-electron chi connectivity index (χ0n) is 18.8. The molecule has 1 amide bonds. The zero-order valence-corrected chi connectivity index (χ0v) is 19.6. The number of nitrogens with zero attached hydrogens (tertiary/aromatic N) is 5. The van der Waals surface area contributed by atoms with Crippen LogP contribution < -0.4 is 4.90 Å². The van der Waals surface area contributed by atoms with Gasteiger partial charge in [0.1, 0.15) is 10.7 Å². The smallest absolute Gasteiger partial charge is 0.266 e. The minimum Gasteiger partial charge on any atom is -0.352 e. The van der Waals surface area contributed by atoms with Crippen LogP contribution in [0.5, 0.6) is 0 Å². The number of rotatable bonds is 4. The molecule has 0 saturated carbocycles. The number of anilines is 1. The lowest BCUT2D eigenvalue weighted by atomic mass is 9.99. The van der Waals surface area contributed by atoms with Crippen molar-refractivity contribution < 1.29 is 4.79 Å². The van der Waals surface area contributed by atoms with Crippen LogP contribution >= 0.6 is 11.3 Å². The molecule has 0 bridgehead atoms. The Labute approximate surface area is 193 Å². The fourth-order valence-electron chi connectivity index (χ4n) is 4.90. The molecule has 1 aromatic carbocycles. The standard InChI is InChI=1S/C25H29N5OS/c1-17-20-11-8-13-29(15-19-9-4-3-5-10-19)24(20)28-23(27-17)21-12-6-7-14-30(21)25(31)22-18(2)26-16-32-22/h3-5,9-10,16,21H,6-8,11-15H2,1-2H3/t21-/m1/s1. The molecule has 166 valence electrons. The highest BCUT2D eigenvalue weighted by Gasteiger charge is 2.33. The van der Waals surface area contributed by atoms with Crippen molar-refractivity contribution >= 4 is 23.1 Å². The fraction of sp³-hybridized carbons (Fsp3) is 0.440. The first-order valence-electron chi connectivity index (χ1n) is 11.5. The molecule has 3 aromatic rings. The summed E-state index contributed by atoms with van der Waals surface area (Å²) in [5.41, 5.74) is 6.15. The minimum atomic E-state index is -0.0812. The first-order chi connectivity index (χ1) is 15.6. The molecule has 0 aliphatic carbocycles. The summed E-state index contributed by atoms with van der Waals surface area (Å²) in [6.07, 6.45) is 5.14. The number of aromatic nitrogens is 3. The summed E-state index contributed by atoms with van der Waals surface area (Å²) in [5.74, 6) is 1.90. The number of benzene rings is 1. The van der Waals surface area contributed by atoms with Gasteiger partial charge in [-0.05, 0) is 51.5 Å². The van der Waals surface area contributed by atoms with Gasteiger partial charge in [-0.25, -0.2) is 15.0 Å². The van der Waals surface area contributed by atoms with Crippen LogP contribution in [0.15, 0.2) is 35.8 Å². The zero-order chi connectivity index (χ0) is 22.1. The van der Waals surface area contributed by atoms with Crippen molar-refractivity contribution in [1.29, 1.82) is 0 Å². The van der Waals surface area contributed by atoms with Crippen LogP contribution in [0.1, 0.15) is 69.7 Å². The summed E-state index contributed by atoms with van der Waals surface area (Å²) in [7, 11) is 0. The topological polar surface area (TPSA) is 62.2 Å². The molecule has 4 heterocycles. The van der Waals surface area contributed by atoms with E-state index in [9.17, 15) is 4.79 Å². The first-order valence-corrected chi connectivity index (χ1v) is 12.4. The molecule has 0 radical (unpaired) electrons. The highest BCUT2D eigenvalue weighted by Crippen LogP contribution is 2.35. The van der Waals surface area contributed by atoms with Crippen LogP contribution in [0.25, 0.3) is 0 Å². The molecule has 2 aliphatic rings. The van der Waals surface area contributed by atoms with Crippen LogP contribution in [0, 0.1) is 13.8 Å². The maximum absolute atomic E-state index is 13.4. The van der Waals surface area contributed by atoms with Gasteiger partial charge >= 0.3 is 0 Å². The largest absolute Gasteiger partial charge is 0.352 e. The lowest BCUT2D eigenvalue weighted by Crippen LogP contribution is -2.40. The highest BCUT2D eigenvalue weighted by atomic mass is 32.1. The number of carbonyl (C=O) groups is 1. The summed E-state index contributed by atoms with van der Waals surface area (Å²) in [6, 6.07) is 10.5. The normalized spacial score (nSPS) is 18.5. The molecular formula is C25H29N5OS. The molecule has 0 N–H and O–H groups in total. The molecule has 6 nitrogen and oxygen atoms in total. The maximum Gasteiger partial charge on any atom is 0.266 e. The van der Waals surface area contributed by atoms with Gasteiger partial charge in [0.05, 0.1) is 17.2 Å². The Balaban J connectivity index is 1.49. The number of piperidine rings is 1. The van der Waals surface area contributed by atoms with Crippen LogP contribution in [0.4, 0.5) is 5.82 Å². The van der Waals surface area contributed by atoms with E-state index in [4.69, 9.17) is 9.97 Å². The van der Waals surface area contributed by atoms with Gasteiger partial charge in [-0.3, -0.25) is 4.79 Å². The Kier molecular flexibility index (Phi) is 5.91. The molecule has 7 heteroatoms. The van der Waals surface area contributed by atoms with Gasteiger partial charge in [0.2, 0.25) is 0 Å². The molecule has 1 saturated heterocycles. The van der Waals surface area contributed by atoms with Crippen molar-refractivity contribution in [2.24, 2.45) is 0 Å². The van der Waals surface area contributed by atoms with Crippen LogP contribution in [-0.2, 0) is 13.0 Å². The van der Waals surface area contributed by atoms with Crippen molar-refractivity contribution in [1.82, 2.24) is 19.9 Å². The third-order valence-electron chi connectivity index (χ3n) is 6.58. The van der Waals surface area contributed by atoms with E-state index in [-0.39, 0.29) is 11.9 Å². The van der Waals surface area contributed by atoms with Gasteiger partial charge in [0, 0.05) is 30.9 Å². The number of amides is 1. The Morgan fingerprint density at radius 3 is 2.69 bits per heavy atom. The molecule has 2 aromatic heterocycles. The monoisotopic (exact) mass is 447 g/mol. The molecular weight excluding hydrogens is 418 g/mol. The van der Waals surface area contributed by atoms with Gasteiger partial charge < -0.3 is 9.80 Å². The van der Waals surface area contributed by atoms with Gasteiger partial charge in [-0.2, -0.15) is 0 Å². The summed E-state index contributed by atoms with van der Waals surface area (Å²) in [5, 5.41) is 0. The molecule has 5 rings (SSSR count). The molecule has 1 fully saturated rings. The Morgan fingerprint density at radius 1 is 1.06 bits per heavy atom. The van der Waals surface area contributed by atoms with Crippen molar-refractivity contribution in [3.8, 4) is 0 Å². The second-order valence-corrected chi connectivity index (χ2v) is 9.61. The predicted octanol–water partition coefficient (Wildman–Crippen LogP) is 4.87. The Bertz CT molecular complexity index is 1110. The lowest BCUT2D eigenvalue weighted by molar-refractivity contribution is 0.0603. The molecule has 0 spiro atoms. The van der Waals surface area contributed by atoms with Crippen molar-refractivity contribution in [2.75, 3.05) is 18.0 Å². The Hall–Kier alpha value is -2.80. The SMILES string of the molecule is Cc1ncsc1C(=O)N1CCCC[C@@H]1c1nc(C)c2c(n1)N(Cc1ccccc1)CCC2. The van der Waals surface area contributed by atoms with E-state index in [2.05, 4.69) is 47.1 Å². The molecule has 1 atom stereocenters. The highest BCUT2D eigenvalue weighted by molar-refractivity contribution is 7.11. The summed E-state index contributed by atoms with van der Waals surface area (Å²) < 4.78 is 0. The van der Waals surface area contributed by atoms with E-state index in [1.807, 2.05) is 11.8 Å². The second-order valence-electron chi connectivity index (χ2n) is 8.76. The number of hydrogen-bond acceptors (Lipinski definition) is 6. The van der Waals surface area contributed by atoms with Gasteiger partial charge in [-0.15, -0.1) is 11.3 Å². The second kappa shape index (κ2) is 8.98. The molecule has 0 unspecified atom stereocenters. The number of carbonyl (C=O) groups excluding carboxylic acids is 1. The van der Waals surface area contributed by atoms with Gasteiger partial charge in [0.15, 0.2) is 5.82 Å². The number of hydrogen-bond donors (Lipinski definition) is 0. The maximum atomic E-state index is 13.4. The number of likely N-dealkylation sites (tertiary alicyclic amines) is 1. The quantitative estimate of drug-likeness (QED) is 0.571. The van der Waals surface area contributed by atoms with E-state index in [0.717, 1.165) is 79.6 Å². The summed E-state index contributed by atoms with van der Waals surface area (Å²) in [6.45, 7) is 6.58. The van der Waals surface area contributed by atoms with E-state index < -0.39 is 0 Å².